The van der Waals surface area contributed by atoms with Crippen LogP contribution in [-0.4, -0.2) is 6.54 Å². The molecule has 94 valence electrons. The molecule has 0 aromatic heterocycles. The van der Waals surface area contributed by atoms with Crippen LogP contribution in [0.15, 0.2) is 54.6 Å². The van der Waals surface area contributed by atoms with Gasteiger partial charge in [-0.2, -0.15) is 0 Å². The van der Waals surface area contributed by atoms with Crippen LogP contribution in [0.4, 0.5) is 4.39 Å². The van der Waals surface area contributed by atoms with Crippen molar-refractivity contribution in [1.82, 2.24) is 0 Å². The van der Waals surface area contributed by atoms with Crippen molar-refractivity contribution in [1.29, 1.82) is 0 Å². The minimum absolute atomic E-state index is 0.189. The largest absolute Gasteiger partial charge is 0.330 e. The monoisotopic (exact) mass is 243 g/mol. The Bertz CT molecular complexity index is 481. The number of hydrogen-bond acceptors (Lipinski definition) is 1. The first kappa shape index (κ1) is 12.8. The minimum Gasteiger partial charge on any atom is -0.330 e. The lowest BCUT2D eigenvalue weighted by Crippen LogP contribution is -2.13. The van der Waals surface area contributed by atoms with Crippen LogP contribution in [0.1, 0.15) is 23.5 Å². The van der Waals surface area contributed by atoms with E-state index < -0.39 is 0 Å². The van der Waals surface area contributed by atoms with Gasteiger partial charge in [-0.25, -0.2) is 4.39 Å². The fourth-order valence-electron chi connectivity index (χ4n) is 2.17. The van der Waals surface area contributed by atoms with E-state index in [-0.39, 0.29) is 11.7 Å². The van der Waals surface area contributed by atoms with Crippen molar-refractivity contribution in [3.63, 3.8) is 0 Å². The van der Waals surface area contributed by atoms with Gasteiger partial charge in [-0.1, -0.05) is 42.5 Å². The molecule has 18 heavy (non-hydrogen) atoms. The van der Waals surface area contributed by atoms with E-state index in [1.54, 1.807) is 12.1 Å². The third-order valence-corrected chi connectivity index (χ3v) is 3.23. The van der Waals surface area contributed by atoms with Crippen LogP contribution in [-0.2, 0) is 6.42 Å². The second kappa shape index (κ2) is 6.31. The van der Waals surface area contributed by atoms with Gasteiger partial charge in [0.05, 0.1) is 0 Å². The number of hydrogen-bond donors (Lipinski definition) is 1. The standard InChI is InChI=1S/C16H18FN/c17-16-8-4-7-14(11-16)15(12-18)10-9-13-5-2-1-3-6-13/h1-8,11,15H,9-10,12,18H2. The lowest BCUT2D eigenvalue weighted by molar-refractivity contribution is 0.603. The third kappa shape index (κ3) is 3.41. The first-order chi connectivity index (χ1) is 8.79. The van der Waals surface area contributed by atoms with Crippen molar-refractivity contribution in [3.05, 3.63) is 71.5 Å². The molecular formula is C16H18FN. The molecule has 0 saturated carbocycles. The summed E-state index contributed by atoms with van der Waals surface area (Å²) in [5, 5.41) is 0. The lowest BCUT2D eigenvalue weighted by Gasteiger charge is -2.15. The Hall–Kier alpha value is -1.67. The predicted molar refractivity (Wildman–Crippen MR) is 73.0 cm³/mol. The Morgan fingerprint density at radius 3 is 2.44 bits per heavy atom. The maximum Gasteiger partial charge on any atom is 0.123 e. The molecule has 0 amide bonds. The van der Waals surface area contributed by atoms with Crippen LogP contribution in [0.2, 0.25) is 0 Å². The van der Waals surface area contributed by atoms with E-state index in [4.69, 9.17) is 5.73 Å². The molecular weight excluding hydrogens is 225 g/mol. The van der Waals surface area contributed by atoms with E-state index in [9.17, 15) is 4.39 Å². The zero-order valence-electron chi connectivity index (χ0n) is 10.4. The summed E-state index contributed by atoms with van der Waals surface area (Å²) in [6.45, 7) is 0.552. The summed E-state index contributed by atoms with van der Waals surface area (Å²) in [7, 11) is 0. The fourth-order valence-corrected chi connectivity index (χ4v) is 2.17. The number of benzene rings is 2. The van der Waals surface area contributed by atoms with Crippen LogP contribution in [0.5, 0.6) is 0 Å². The summed E-state index contributed by atoms with van der Waals surface area (Å²) in [4.78, 5) is 0. The first-order valence-corrected chi connectivity index (χ1v) is 6.29. The maximum atomic E-state index is 13.2. The number of halogens is 1. The third-order valence-electron chi connectivity index (χ3n) is 3.23. The van der Waals surface area contributed by atoms with Gasteiger partial charge in [-0.15, -0.1) is 0 Å². The molecule has 0 heterocycles. The van der Waals surface area contributed by atoms with Crippen LogP contribution in [0, 0.1) is 5.82 Å². The van der Waals surface area contributed by atoms with Gasteiger partial charge >= 0.3 is 0 Å². The van der Waals surface area contributed by atoms with E-state index in [0.717, 1.165) is 18.4 Å². The average molecular weight is 243 g/mol. The molecule has 1 unspecified atom stereocenters. The van der Waals surface area contributed by atoms with Crippen LogP contribution >= 0.6 is 0 Å². The van der Waals surface area contributed by atoms with Crippen molar-refractivity contribution in [2.45, 2.75) is 18.8 Å². The molecule has 2 rings (SSSR count). The molecule has 0 aliphatic heterocycles. The normalized spacial score (nSPS) is 12.3. The van der Waals surface area contributed by atoms with E-state index in [1.807, 2.05) is 24.3 Å². The Balaban J connectivity index is 2.02. The van der Waals surface area contributed by atoms with E-state index in [1.165, 1.54) is 11.6 Å². The molecule has 0 fully saturated rings. The summed E-state index contributed by atoms with van der Waals surface area (Å²) >= 11 is 0. The zero-order valence-corrected chi connectivity index (χ0v) is 10.4. The quantitative estimate of drug-likeness (QED) is 0.854. The summed E-state index contributed by atoms with van der Waals surface area (Å²) in [6, 6.07) is 17.1. The molecule has 2 aromatic rings. The maximum absolute atomic E-state index is 13.2. The van der Waals surface area contributed by atoms with Crippen molar-refractivity contribution >= 4 is 0 Å². The summed E-state index contributed by atoms with van der Waals surface area (Å²) in [5.74, 6) is 0.0339. The SMILES string of the molecule is NCC(CCc1ccccc1)c1cccc(F)c1. The number of nitrogens with two attached hydrogens (primary N) is 1. The van der Waals surface area contributed by atoms with Gasteiger partial charge in [0.25, 0.3) is 0 Å². The fraction of sp³-hybridized carbons (Fsp3) is 0.250. The zero-order chi connectivity index (χ0) is 12.8. The lowest BCUT2D eigenvalue weighted by atomic mass is 9.92. The van der Waals surface area contributed by atoms with Crippen LogP contribution < -0.4 is 5.73 Å². The molecule has 0 radical (unpaired) electrons. The molecule has 2 heteroatoms. The Morgan fingerprint density at radius 2 is 1.78 bits per heavy atom. The van der Waals surface area contributed by atoms with E-state index in [0.29, 0.717) is 6.54 Å². The molecule has 2 N–H and O–H groups in total. The first-order valence-electron chi connectivity index (χ1n) is 6.29. The van der Waals surface area contributed by atoms with Crippen molar-refractivity contribution in [2.75, 3.05) is 6.54 Å². The highest BCUT2D eigenvalue weighted by Crippen LogP contribution is 2.21. The molecule has 0 aliphatic rings. The summed E-state index contributed by atoms with van der Waals surface area (Å²) < 4.78 is 13.2. The van der Waals surface area contributed by atoms with Gasteiger partial charge in [0.2, 0.25) is 0 Å². The topological polar surface area (TPSA) is 26.0 Å². The molecule has 0 spiro atoms. The van der Waals surface area contributed by atoms with Gasteiger partial charge < -0.3 is 5.73 Å². The van der Waals surface area contributed by atoms with Gasteiger partial charge in [0.15, 0.2) is 0 Å². The van der Waals surface area contributed by atoms with Crippen molar-refractivity contribution < 1.29 is 4.39 Å². The molecule has 0 saturated heterocycles. The molecule has 2 aromatic carbocycles. The number of rotatable bonds is 5. The van der Waals surface area contributed by atoms with E-state index >= 15 is 0 Å². The Kier molecular flexibility index (Phi) is 4.48. The predicted octanol–water partition coefficient (Wildman–Crippen LogP) is 3.50. The van der Waals surface area contributed by atoms with Gasteiger partial charge in [0, 0.05) is 0 Å². The molecule has 0 aliphatic carbocycles. The van der Waals surface area contributed by atoms with Gasteiger partial charge in [-0.3, -0.25) is 0 Å². The van der Waals surface area contributed by atoms with Crippen molar-refractivity contribution in [2.24, 2.45) is 5.73 Å². The van der Waals surface area contributed by atoms with Crippen LogP contribution in [0.3, 0.4) is 0 Å². The Morgan fingerprint density at radius 1 is 1.00 bits per heavy atom. The molecule has 1 atom stereocenters. The Labute approximate surface area is 107 Å². The van der Waals surface area contributed by atoms with Gasteiger partial charge in [0.1, 0.15) is 5.82 Å². The second-order valence-corrected chi connectivity index (χ2v) is 4.51. The highest BCUT2D eigenvalue weighted by atomic mass is 19.1. The molecule has 1 nitrogen and oxygen atoms in total. The summed E-state index contributed by atoms with van der Waals surface area (Å²) in [5.41, 5.74) is 8.09. The summed E-state index contributed by atoms with van der Waals surface area (Å²) in [6.07, 6.45) is 1.92. The average Bonchev–Trinajstić information content (AvgIpc) is 2.41. The smallest absolute Gasteiger partial charge is 0.123 e. The second-order valence-electron chi connectivity index (χ2n) is 4.51. The van der Waals surface area contributed by atoms with Crippen molar-refractivity contribution in [3.8, 4) is 0 Å². The van der Waals surface area contributed by atoms with E-state index in [2.05, 4.69) is 12.1 Å². The highest BCUT2D eigenvalue weighted by Gasteiger charge is 2.10. The van der Waals surface area contributed by atoms with Gasteiger partial charge in [-0.05, 0) is 48.6 Å². The van der Waals surface area contributed by atoms with Crippen LogP contribution in [0.25, 0.3) is 0 Å². The minimum atomic E-state index is -0.189. The molecule has 0 bridgehead atoms. The highest BCUT2D eigenvalue weighted by molar-refractivity contribution is 5.22. The number of aryl methyl sites for hydroxylation is 1.